The number of benzene rings is 3. The van der Waals surface area contributed by atoms with Crippen molar-refractivity contribution < 1.29 is 19.1 Å². The van der Waals surface area contributed by atoms with Crippen LogP contribution in [0.1, 0.15) is 21.5 Å². The summed E-state index contributed by atoms with van der Waals surface area (Å²) in [6.45, 7) is 0.332. The highest BCUT2D eigenvalue weighted by Gasteiger charge is 2.17. The van der Waals surface area contributed by atoms with Crippen molar-refractivity contribution >= 4 is 28.8 Å². The Balaban J connectivity index is 1.66. The number of hydrogen-bond donors (Lipinski definition) is 2. The molecule has 0 bridgehead atoms. The van der Waals surface area contributed by atoms with Crippen LogP contribution in [0, 0.1) is 0 Å². The number of aromatic nitrogens is 1. The van der Waals surface area contributed by atoms with Gasteiger partial charge in [-0.05, 0) is 35.9 Å². The Labute approximate surface area is 204 Å². The standard InChI is InChI=1S/C28H27N3O4/c1-31-18-21(22-11-7-8-12-24(22)31)15-23(28(33)29-17-19-9-5-4-6-10-19)30-27(32)20-13-14-25(34-2)26(16-20)35-3/h4-16,18H,17H2,1-3H3,(H,29,33)(H,30,32)/b23-15+. The number of carbonyl (C=O) groups excluding carboxylic acids is 2. The molecule has 2 amide bonds. The van der Waals surface area contributed by atoms with Crippen LogP contribution in [0.15, 0.2) is 84.7 Å². The van der Waals surface area contributed by atoms with Gasteiger partial charge in [0.05, 0.1) is 14.2 Å². The zero-order valence-corrected chi connectivity index (χ0v) is 19.9. The molecule has 0 fully saturated rings. The molecule has 0 aliphatic rings. The molecular weight excluding hydrogens is 442 g/mol. The summed E-state index contributed by atoms with van der Waals surface area (Å²) in [5.74, 6) is 0.104. The number of ether oxygens (including phenoxy) is 2. The summed E-state index contributed by atoms with van der Waals surface area (Å²) in [6, 6.07) is 22.3. The third kappa shape index (κ3) is 5.35. The lowest BCUT2D eigenvalue weighted by molar-refractivity contribution is -0.117. The zero-order valence-electron chi connectivity index (χ0n) is 19.9. The lowest BCUT2D eigenvalue weighted by atomic mass is 10.1. The first-order valence-corrected chi connectivity index (χ1v) is 11.1. The van der Waals surface area contributed by atoms with E-state index in [2.05, 4.69) is 10.6 Å². The Hall–Kier alpha value is -4.52. The molecular formula is C28H27N3O4. The Kier molecular flexibility index (Phi) is 7.16. The molecule has 178 valence electrons. The van der Waals surface area contributed by atoms with Crippen molar-refractivity contribution in [1.82, 2.24) is 15.2 Å². The summed E-state index contributed by atoms with van der Waals surface area (Å²) < 4.78 is 12.5. The molecule has 0 aliphatic heterocycles. The van der Waals surface area contributed by atoms with E-state index in [1.54, 1.807) is 24.3 Å². The highest BCUT2D eigenvalue weighted by Crippen LogP contribution is 2.28. The van der Waals surface area contributed by atoms with Crippen molar-refractivity contribution in [1.29, 1.82) is 0 Å². The molecule has 0 unspecified atom stereocenters. The molecule has 4 aromatic rings. The Morgan fingerprint density at radius 3 is 2.37 bits per heavy atom. The van der Waals surface area contributed by atoms with Gasteiger partial charge in [0.2, 0.25) is 0 Å². The Morgan fingerprint density at radius 2 is 1.63 bits per heavy atom. The second kappa shape index (κ2) is 10.6. The van der Waals surface area contributed by atoms with Gasteiger partial charge in [-0.3, -0.25) is 9.59 Å². The minimum absolute atomic E-state index is 0.136. The van der Waals surface area contributed by atoms with Gasteiger partial charge in [-0.25, -0.2) is 0 Å². The predicted molar refractivity (Wildman–Crippen MR) is 136 cm³/mol. The fourth-order valence-electron chi connectivity index (χ4n) is 3.85. The van der Waals surface area contributed by atoms with Gasteiger partial charge in [-0.15, -0.1) is 0 Å². The van der Waals surface area contributed by atoms with Crippen molar-refractivity contribution in [3.63, 3.8) is 0 Å². The molecule has 1 heterocycles. The number of rotatable bonds is 8. The van der Waals surface area contributed by atoms with Crippen molar-refractivity contribution in [3.05, 3.63) is 101 Å². The molecule has 35 heavy (non-hydrogen) atoms. The normalized spacial score (nSPS) is 11.2. The van der Waals surface area contributed by atoms with Crippen LogP contribution < -0.4 is 20.1 Å². The van der Waals surface area contributed by atoms with Gasteiger partial charge >= 0.3 is 0 Å². The molecule has 0 aliphatic carbocycles. The van der Waals surface area contributed by atoms with E-state index in [0.29, 0.717) is 23.6 Å². The molecule has 0 saturated heterocycles. The number of para-hydroxylation sites is 1. The Bertz CT molecular complexity index is 1390. The molecule has 2 N–H and O–H groups in total. The van der Waals surface area contributed by atoms with Crippen LogP contribution in [0.2, 0.25) is 0 Å². The van der Waals surface area contributed by atoms with Crippen LogP contribution in [-0.2, 0) is 18.4 Å². The number of amides is 2. The van der Waals surface area contributed by atoms with Crippen molar-refractivity contribution in [2.24, 2.45) is 7.05 Å². The first-order valence-electron chi connectivity index (χ1n) is 11.1. The zero-order chi connectivity index (χ0) is 24.8. The second-order valence-electron chi connectivity index (χ2n) is 7.96. The van der Waals surface area contributed by atoms with E-state index in [4.69, 9.17) is 9.47 Å². The predicted octanol–water partition coefficient (Wildman–Crippen LogP) is 4.28. The topological polar surface area (TPSA) is 81.6 Å². The maximum absolute atomic E-state index is 13.2. The van der Waals surface area contributed by atoms with Crippen LogP contribution >= 0.6 is 0 Å². The SMILES string of the molecule is COc1ccc(C(=O)N/C(=C/c2cn(C)c3ccccc23)C(=O)NCc2ccccc2)cc1OC. The summed E-state index contributed by atoms with van der Waals surface area (Å²) in [4.78, 5) is 26.3. The average molecular weight is 470 g/mol. The van der Waals surface area contributed by atoms with E-state index in [9.17, 15) is 9.59 Å². The monoisotopic (exact) mass is 469 g/mol. The van der Waals surface area contributed by atoms with E-state index < -0.39 is 11.8 Å². The molecule has 0 spiro atoms. The number of hydrogen-bond acceptors (Lipinski definition) is 4. The molecule has 7 heteroatoms. The minimum Gasteiger partial charge on any atom is -0.493 e. The number of aryl methyl sites for hydroxylation is 1. The lowest BCUT2D eigenvalue weighted by Crippen LogP contribution is -2.34. The molecule has 4 rings (SSSR count). The maximum Gasteiger partial charge on any atom is 0.268 e. The molecule has 0 atom stereocenters. The number of carbonyl (C=O) groups is 2. The van der Waals surface area contributed by atoms with Gasteiger partial charge < -0.3 is 24.7 Å². The fraction of sp³-hybridized carbons (Fsp3) is 0.143. The van der Waals surface area contributed by atoms with E-state index in [1.165, 1.54) is 14.2 Å². The fourth-order valence-corrected chi connectivity index (χ4v) is 3.85. The van der Waals surface area contributed by atoms with Gasteiger partial charge in [0.1, 0.15) is 5.70 Å². The molecule has 7 nitrogen and oxygen atoms in total. The minimum atomic E-state index is -0.438. The average Bonchev–Trinajstić information content (AvgIpc) is 3.22. The largest absolute Gasteiger partial charge is 0.493 e. The van der Waals surface area contributed by atoms with Crippen molar-refractivity contribution in [3.8, 4) is 11.5 Å². The number of nitrogens with zero attached hydrogens (tertiary/aromatic N) is 1. The van der Waals surface area contributed by atoms with Gasteiger partial charge in [0.15, 0.2) is 11.5 Å². The highest BCUT2D eigenvalue weighted by atomic mass is 16.5. The summed E-state index contributed by atoms with van der Waals surface area (Å²) in [5, 5.41) is 6.66. The third-order valence-electron chi connectivity index (χ3n) is 5.66. The van der Waals surface area contributed by atoms with Gasteiger partial charge in [-0.1, -0.05) is 48.5 Å². The van der Waals surface area contributed by atoms with E-state index in [-0.39, 0.29) is 5.70 Å². The smallest absolute Gasteiger partial charge is 0.268 e. The number of nitrogens with one attached hydrogen (secondary N) is 2. The van der Waals surface area contributed by atoms with E-state index in [0.717, 1.165) is 22.0 Å². The molecule has 3 aromatic carbocycles. The van der Waals surface area contributed by atoms with Gasteiger partial charge in [0.25, 0.3) is 11.8 Å². The van der Waals surface area contributed by atoms with Crippen LogP contribution in [0.25, 0.3) is 17.0 Å². The summed E-state index contributed by atoms with van der Waals surface area (Å²) in [7, 11) is 4.97. The number of fused-ring (bicyclic) bond motifs is 1. The van der Waals surface area contributed by atoms with E-state index >= 15 is 0 Å². The van der Waals surface area contributed by atoms with Crippen LogP contribution in [0.3, 0.4) is 0 Å². The van der Waals surface area contributed by atoms with Crippen LogP contribution in [-0.4, -0.2) is 30.6 Å². The highest BCUT2D eigenvalue weighted by molar-refractivity contribution is 6.06. The Morgan fingerprint density at radius 1 is 0.914 bits per heavy atom. The van der Waals surface area contributed by atoms with Crippen molar-refractivity contribution in [2.75, 3.05) is 14.2 Å². The summed E-state index contributed by atoms with van der Waals surface area (Å²) in [6.07, 6.45) is 3.62. The van der Waals surface area contributed by atoms with E-state index in [1.807, 2.05) is 72.4 Å². The van der Waals surface area contributed by atoms with Gasteiger partial charge in [-0.2, -0.15) is 0 Å². The first kappa shape index (κ1) is 23.6. The molecule has 0 radical (unpaired) electrons. The van der Waals surface area contributed by atoms with Gasteiger partial charge in [0, 0.05) is 41.8 Å². The first-order chi connectivity index (χ1) is 17.0. The maximum atomic E-state index is 13.2. The number of methoxy groups -OCH3 is 2. The molecule has 0 saturated carbocycles. The molecule has 1 aromatic heterocycles. The third-order valence-corrected chi connectivity index (χ3v) is 5.66. The summed E-state index contributed by atoms with van der Waals surface area (Å²) >= 11 is 0. The van der Waals surface area contributed by atoms with Crippen LogP contribution in [0.4, 0.5) is 0 Å². The van der Waals surface area contributed by atoms with Crippen LogP contribution in [0.5, 0.6) is 11.5 Å². The van der Waals surface area contributed by atoms with Crippen molar-refractivity contribution in [2.45, 2.75) is 6.54 Å². The lowest BCUT2D eigenvalue weighted by Gasteiger charge is -2.13. The summed E-state index contributed by atoms with van der Waals surface area (Å²) in [5.41, 5.74) is 3.27. The quantitative estimate of drug-likeness (QED) is 0.378. The second-order valence-corrected chi connectivity index (χ2v) is 7.96.